The third-order valence-electron chi connectivity index (χ3n) is 3.85. The number of rotatable bonds is 4. The molecule has 0 fully saturated rings. The minimum atomic E-state index is -0.497. The molecule has 0 aliphatic rings. The van der Waals surface area contributed by atoms with E-state index in [1.165, 1.54) is 0 Å². The number of benzene rings is 2. The Bertz CT molecular complexity index is 956. The fourth-order valence-electron chi connectivity index (χ4n) is 2.47. The molecule has 24 heavy (non-hydrogen) atoms. The van der Waals surface area contributed by atoms with Gasteiger partial charge < -0.3 is 15.1 Å². The summed E-state index contributed by atoms with van der Waals surface area (Å²) >= 11 is 0. The molecule has 0 saturated heterocycles. The van der Waals surface area contributed by atoms with Crippen molar-refractivity contribution in [1.29, 1.82) is 0 Å². The van der Waals surface area contributed by atoms with Gasteiger partial charge in [-0.3, -0.25) is 9.78 Å². The minimum absolute atomic E-state index is 0.135. The van der Waals surface area contributed by atoms with Gasteiger partial charge in [0, 0.05) is 11.4 Å². The maximum Gasteiger partial charge on any atom is 0.417 e. The van der Waals surface area contributed by atoms with Crippen molar-refractivity contribution >= 4 is 28.4 Å². The van der Waals surface area contributed by atoms with Crippen molar-refractivity contribution in [2.24, 2.45) is 0 Å². The zero-order valence-electron chi connectivity index (χ0n) is 13.8. The smallest absolute Gasteiger partial charge is 0.408 e. The molecule has 0 radical (unpaired) electrons. The average Bonchev–Trinajstić information content (AvgIpc) is 2.90. The third-order valence-corrected chi connectivity index (χ3v) is 3.85. The Morgan fingerprint density at radius 1 is 1.17 bits per heavy atom. The maximum absolute atomic E-state index is 12.4. The van der Waals surface area contributed by atoms with Gasteiger partial charge in [-0.05, 0) is 56.2 Å². The lowest BCUT2D eigenvalue weighted by Gasteiger charge is -2.16. The first-order chi connectivity index (χ1) is 11.4. The summed E-state index contributed by atoms with van der Waals surface area (Å²) in [7, 11) is 0. The van der Waals surface area contributed by atoms with E-state index in [2.05, 4.69) is 15.6 Å². The van der Waals surface area contributed by atoms with Crippen LogP contribution >= 0.6 is 0 Å². The molecular formula is C18H19N3O3. The molecule has 2 aromatic carbocycles. The fraction of sp³-hybridized carbons (Fsp3) is 0.222. The molecule has 1 atom stereocenters. The van der Waals surface area contributed by atoms with Gasteiger partial charge in [0.2, 0.25) is 5.91 Å². The molecule has 1 aromatic heterocycles. The Morgan fingerprint density at radius 2 is 1.96 bits per heavy atom. The molecule has 6 heteroatoms. The summed E-state index contributed by atoms with van der Waals surface area (Å²) in [6.07, 6.45) is 0. The zero-order valence-corrected chi connectivity index (χ0v) is 13.8. The van der Waals surface area contributed by atoms with Crippen molar-refractivity contribution in [2.75, 3.05) is 10.6 Å². The molecule has 3 aromatic rings. The number of hydrogen-bond donors (Lipinski definition) is 3. The molecule has 6 nitrogen and oxygen atoms in total. The Kier molecular flexibility index (Phi) is 4.12. The lowest BCUT2D eigenvalue weighted by Crippen LogP contribution is -2.32. The van der Waals surface area contributed by atoms with Gasteiger partial charge in [-0.1, -0.05) is 12.1 Å². The van der Waals surface area contributed by atoms with Crippen LogP contribution in [0.3, 0.4) is 0 Å². The first kappa shape index (κ1) is 15.9. The molecule has 0 aliphatic heterocycles. The number of nitrogens with one attached hydrogen (secondary N) is 3. The van der Waals surface area contributed by atoms with Crippen LogP contribution in [0.1, 0.15) is 18.1 Å². The highest BCUT2D eigenvalue weighted by Crippen LogP contribution is 2.19. The molecule has 0 saturated carbocycles. The van der Waals surface area contributed by atoms with Gasteiger partial charge in [0.25, 0.3) is 0 Å². The van der Waals surface area contributed by atoms with Gasteiger partial charge in [-0.25, -0.2) is 4.79 Å². The van der Waals surface area contributed by atoms with E-state index in [1.807, 2.05) is 32.0 Å². The molecule has 0 bridgehead atoms. The Morgan fingerprint density at radius 3 is 2.75 bits per heavy atom. The summed E-state index contributed by atoms with van der Waals surface area (Å²) in [5, 5.41) is 6.06. The van der Waals surface area contributed by atoms with Crippen LogP contribution in [0.15, 0.2) is 45.6 Å². The molecule has 3 rings (SSSR count). The van der Waals surface area contributed by atoms with Crippen molar-refractivity contribution in [1.82, 2.24) is 4.98 Å². The molecule has 1 amide bonds. The quantitative estimate of drug-likeness (QED) is 0.687. The number of aryl methyl sites for hydroxylation is 2. The van der Waals surface area contributed by atoms with E-state index < -0.39 is 11.8 Å². The third kappa shape index (κ3) is 3.32. The SMILES string of the molecule is Cc1ccc(C)c(NC(=O)C(C)Nc2ccc3oc(=O)[nH]c3c2)c1. The van der Waals surface area contributed by atoms with E-state index in [9.17, 15) is 9.59 Å². The number of carbonyl (C=O) groups excluding carboxylic acids is 1. The van der Waals surface area contributed by atoms with Crippen molar-refractivity contribution in [2.45, 2.75) is 26.8 Å². The van der Waals surface area contributed by atoms with E-state index in [1.54, 1.807) is 25.1 Å². The number of oxazole rings is 1. The van der Waals surface area contributed by atoms with Gasteiger partial charge in [0.15, 0.2) is 5.58 Å². The number of aromatic nitrogens is 1. The van der Waals surface area contributed by atoms with E-state index >= 15 is 0 Å². The van der Waals surface area contributed by atoms with Gasteiger partial charge in [0.1, 0.15) is 6.04 Å². The van der Waals surface area contributed by atoms with Crippen molar-refractivity contribution in [3.05, 3.63) is 58.1 Å². The largest absolute Gasteiger partial charge is 0.417 e. The van der Waals surface area contributed by atoms with Crippen molar-refractivity contribution in [3.63, 3.8) is 0 Å². The Balaban J connectivity index is 1.72. The minimum Gasteiger partial charge on any atom is -0.408 e. The van der Waals surface area contributed by atoms with Gasteiger partial charge in [-0.2, -0.15) is 0 Å². The zero-order chi connectivity index (χ0) is 17.3. The maximum atomic E-state index is 12.4. The summed E-state index contributed by atoms with van der Waals surface area (Å²) < 4.78 is 4.96. The number of H-pyrrole nitrogens is 1. The molecule has 0 spiro atoms. The predicted octanol–water partition coefficient (Wildman–Crippen LogP) is 3.18. The highest BCUT2D eigenvalue weighted by atomic mass is 16.4. The summed E-state index contributed by atoms with van der Waals surface area (Å²) in [6, 6.07) is 10.7. The summed E-state index contributed by atoms with van der Waals surface area (Å²) in [6.45, 7) is 5.72. The first-order valence-corrected chi connectivity index (χ1v) is 7.70. The van der Waals surface area contributed by atoms with Crippen LogP contribution in [-0.2, 0) is 4.79 Å². The number of amides is 1. The lowest BCUT2D eigenvalue weighted by molar-refractivity contribution is -0.116. The first-order valence-electron chi connectivity index (χ1n) is 7.70. The highest BCUT2D eigenvalue weighted by molar-refractivity contribution is 5.97. The second-order valence-corrected chi connectivity index (χ2v) is 5.90. The van der Waals surface area contributed by atoms with Gasteiger partial charge in [0.05, 0.1) is 5.52 Å². The molecule has 3 N–H and O–H groups in total. The normalized spacial score (nSPS) is 12.1. The lowest BCUT2D eigenvalue weighted by atomic mass is 10.1. The molecule has 1 unspecified atom stereocenters. The Hall–Kier alpha value is -3.02. The monoisotopic (exact) mass is 325 g/mol. The van der Waals surface area contributed by atoms with Crippen LogP contribution in [0.4, 0.5) is 11.4 Å². The number of carbonyl (C=O) groups is 1. The predicted molar refractivity (Wildman–Crippen MR) is 94.5 cm³/mol. The van der Waals surface area contributed by atoms with E-state index in [-0.39, 0.29) is 5.91 Å². The number of hydrogen-bond acceptors (Lipinski definition) is 4. The van der Waals surface area contributed by atoms with Crippen LogP contribution in [-0.4, -0.2) is 16.9 Å². The number of aromatic amines is 1. The average molecular weight is 325 g/mol. The second-order valence-electron chi connectivity index (χ2n) is 5.90. The van der Waals surface area contributed by atoms with Crippen molar-refractivity contribution < 1.29 is 9.21 Å². The van der Waals surface area contributed by atoms with Gasteiger partial charge >= 0.3 is 5.76 Å². The van der Waals surface area contributed by atoms with Crippen LogP contribution in [0, 0.1) is 13.8 Å². The fourth-order valence-corrected chi connectivity index (χ4v) is 2.47. The summed E-state index contributed by atoms with van der Waals surface area (Å²) in [5.41, 5.74) is 4.71. The van der Waals surface area contributed by atoms with E-state index in [0.29, 0.717) is 11.1 Å². The van der Waals surface area contributed by atoms with Gasteiger partial charge in [-0.15, -0.1) is 0 Å². The van der Waals surface area contributed by atoms with Crippen LogP contribution in [0.25, 0.3) is 11.1 Å². The number of fused-ring (bicyclic) bond motifs is 1. The molecule has 1 heterocycles. The van der Waals surface area contributed by atoms with Crippen LogP contribution < -0.4 is 16.4 Å². The van der Waals surface area contributed by atoms with E-state index in [0.717, 1.165) is 22.5 Å². The summed E-state index contributed by atoms with van der Waals surface area (Å²) in [4.78, 5) is 26.2. The molecular weight excluding hydrogens is 306 g/mol. The molecule has 124 valence electrons. The van der Waals surface area contributed by atoms with E-state index in [4.69, 9.17) is 4.42 Å². The standard InChI is InChI=1S/C18H19N3O3/c1-10-4-5-11(2)14(8-10)20-17(22)12(3)19-13-6-7-16-15(9-13)21-18(23)24-16/h4-9,12,19H,1-3H3,(H,20,22)(H,21,23). The number of anilines is 2. The van der Waals surface area contributed by atoms with Crippen LogP contribution in [0.5, 0.6) is 0 Å². The topological polar surface area (TPSA) is 87.1 Å². The second kappa shape index (κ2) is 6.23. The Labute approximate surface area is 138 Å². The van der Waals surface area contributed by atoms with Crippen LogP contribution in [0.2, 0.25) is 0 Å². The molecule has 0 aliphatic carbocycles. The van der Waals surface area contributed by atoms with Crippen molar-refractivity contribution in [3.8, 4) is 0 Å². The highest BCUT2D eigenvalue weighted by Gasteiger charge is 2.14. The summed E-state index contributed by atoms with van der Waals surface area (Å²) in [5.74, 6) is -0.632.